The topological polar surface area (TPSA) is 74.1 Å². The lowest BCUT2D eigenvalue weighted by molar-refractivity contribution is 0.0744. The second-order valence-corrected chi connectivity index (χ2v) is 9.41. The second kappa shape index (κ2) is 8.50. The van der Waals surface area contributed by atoms with E-state index in [9.17, 15) is 14.0 Å². The minimum Gasteiger partial charge on any atom is -0.366 e. The Morgan fingerprint density at radius 3 is 2.66 bits per heavy atom. The van der Waals surface area contributed by atoms with Crippen LogP contribution < -0.4 is 15.4 Å². The number of piperidine rings is 1. The van der Waals surface area contributed by atoms with Gasteiger partial charge >= 0.3 is 0 Å². The number of halogens is 1. The van der Waals surface area contributed by atoms with Gasteiger partial charge in [0.1, 0.15) is 11.4 Å². The monoisotopic (exact) mass is 456 g/mol. The molecule has 1 aromatic carbocycles. The SMILES string of the molecule is CC1CCCN(c2nn3c(=O)c(C(=O)N4CCN(c5ccccc5F)CC4)cnc3s2)C1. The van der Waals surface area contributed by atoms with Crippen LogP contribution in [0.1, 0.15) is 30.1 Å². The number of anilines is 2. The van der Waals surface area contributed by atoms with Gasteiger partial charge in [0.25, 0.3) is 11.5 Å². The largest absolute Gasteiger partial charge is 0.366 e. The lowest BCUT2D eigenvalue weighted by Crippen LogP contribution is -2.50. The Bertz CT molecular complexity index is 1200. The van der Waals surface area contributed by atoms with Crippen molar-refractivity contribution in [3.8, 4) is 0 Å². The van der Waals surface area contributed by atoms with Crippen LogP contribution in [0.5, 0.6) is 0 Å². The summed E-state index contributed by atoms with van der Waals surface area (Å²) in [6.07, 6.45) is 3.66. The molecule has 4 heterocycles. The molecule has 0 aliphatic carbocycles. The van der Waals surface area contributed by atoms with Crippen molar-refractivity contribution in [2.45, 2.75) is 19.8 Å². The molecule has 1 atom stereocenters. The normalized spacial score (nSPS) is 19.6. The lowest BCUT2D eigenvalue weighted by atomic mass is 10.0. The van der Waals surface area contributed by atoms with Crippen LogP contribution in [0, 0.1) is 11.7 Å². The smallest absolute Gasteiger partial charge is 0.288 e. The molecule has 10 heteroatoms. The quantitative estimate of drug-likeness (QED) is 0.603. The van der Waals surface area contributed by atoms with E-state index in [0.29, 0.717) is 42.7 Å². The predicted octanol–water partition coefficient (Wildman–Crippen LogP) is 2.49. The first-order valence-electron chi connectivity index (χ1n) is 10.9. The molecule has 168 valence electrons. The number of benzene rings is 1. The van der Waals surface area contributed by atoms with E-state index in [-0.39, 0.29) is 17.3 Å². The first-order chi connectivity index (χ1) is 15.5. The van der Waals surface area contributed by atoms with Gasteiger partial charge in [0.2, 0.25) is 10.1 Å². The second-order valence-electron chi connectivity index (χ2n) is 8.48. The number of carbonyl (C=O) groups excluding carboxylic acids is 1. The summed E-state index contributed by atoms with van der Waals surface area (Å²) in [5.74, 6) is -0.0468. The molecule has 1 amide bonds. The molecule has 3 aromatic rings. The molecule has 5 rings (SSSR count). The fourth-order valence-corrected chi connectivity index (χ4v) is 5.34. The Hall–Kier alpha value is -3.01. The highest BCUT2D eigenvalue weighted by atomic mass is 32.1. The van der Waals surface area contributed by atoms with E-state index in [0.717, 1.165) is 24.6 Å². The molecule has 2 aliphatic rings. The Morgan fingerprint density at radius 1 is 1.12 bits per heavy atom. The zero-order valence-corrected chi connectivity index (χ0v) is 18.7. The number of hydrogen-bond donors (Lipinski definition) is 0. The van der Waals surface area contributed by atoms with E-state index < -0.39 is 5.56 Å². The number of carbonyl (C=O) groups is 1. The number of piperazine rings is 1. The highest BCUT2D eigenvalue weighted by Crippen LogP contribution is 2.26. The van der Waals surface area contributed by atoms with E-state index in [1.165, 1.54) is 34.5 Å². The summed E-state index contributed by atoms with van der Waals surface area (Å²) >= 11 is 1.37. The molecule has 2 aliphatic heterocycles. The minimum absolute atomic E-state index is 0.0192. The molecule has 2 fully saturated rings. The molecule has 0 N–H and O–H groups in total. The van der Waals surface area contributed by atoms with Gasteiger partial charge in [-0.15, -0.1) is 5.10 Å². The van der Waals surface area contributed by atoms with Gasteiger partial charge < -0.3 is 14.7 Å². The first-order valence-corrected chi connectivity index (χ1v) is 11.8. The zero-order valence-electron chi connectivity index (χ0n) is 17.9. The third-order valence-corrected chi connectivity index (χ3v) is 7.18. The third-order valence-electron chi connectivity index (χ3n) is 6.19. The van der Waals surface area contributed by atoms with Gasteiger partial charge in [0, 0.05) is 45.5 Å². The number of fused-ring (bicyclic) bond motifs is 1. The number of amides is 1. The van der Waals surface area contributed by atoms with Crippen molar-refractivity contribution < 1.29 is 9.18 Å². The van der Waals surface area contributed by atoms with Gasteiger partial charge in [-0.05, 0) is 30.9 Å². The Kier molecular flexibility index (Phi) is 5.54. The Labute approximate surface area is 188 Å². The molecule has 0 spiro atoms. The minimum atomic E-state index is -0.441. The maximum absolute atomic E-state index is 14.1. The zero-order chi connectivity index (χ0) is 22.2. The number of para-hydroxylation sites is 1. The summed E-state index contributed by atoms with van der Waals surface area (Å²) in [5, 5.41) is 5.25. The fourth-order valence-electron chi connectivity index (χ4n) is 4.44. The summed E-state index contributed by atoms with van der Waals surface area (Å²) in [4.78, 5) is 36.7. The summed E-state index contributed by atoms with van der Waals surface area (Å²) in [5.41, 5.74) is 0.111. The van der Waals surface area contributed by atoms with Gasteiger partial charge in [-0.3, -0.25) is 9.59 Å². The van der Waals surface area contributed by atoms with Crippen LogP contribution in [0.15, 0.2) is 35.3 Å². The van der Waals surface area contributed by atoms with Crippen molar-refractivity contribution in [2.24, 2.45) is 5.92 Å². The van der Waals surface area contributed by atoms with Crippen LogP contribution >= 0.6 is 11.3 Å². The number of rotatable bonds is 3. The maximum atomic E-state index is 14.1. The molecule has 2 aromatic heterocycles. The third kappa shape index (κ3) is 3.83. The van der Waals surface area contributed by atoms with E-state index >= 15 is 0 Å². The van der Waals surface area contributed by atoms with Crippen LogP contribution in [0.3, 0.4) is 0 Å². The first kappa shape index (κ1) is 20.9. The van der Waals surface area contributed by atoms with E-state index in [4.69, 9.17) is 0 Å². The van der Waals surface area contributed by atoms with Crippen LogP contribution in [0.4, 0.5) is 15.2 Å². The molecule has 0 saturated carbocycles. The van der Waals surface area contributed by atoms with Crippen LogP contribution in [-0.4, -0.2) is 64.7 Å². The number of nitrogens with zero attached hydrogens (tertiary/aromatic N) is 6. The Balaban J connectivity index is 1.33. The van der Waals surface area contributed by atoms with Crippen molar-refractivity contribution in [1.82, 2.24) is 19.5 Å². The van der Waals surface area contributed by atoms with Crippen LogP contribution in [0.2, 0.25) is 0 Å². The number of aromatic nitrogens is 3. The van der Waals surface area contributed by atoms with Gasteiger partial charge in [0.05, 0.1) is 5.69 Å². The van der Waals surface area contributed by atoms with Crippen molar-refractivity contribution >= 4 is 33.0 Å². The fraction of sp³-hybridized carbons (Fsp3) is 0.455. The molecule has 32 heavy (non-hydrogen) atoms. The van der Waals surface area contributed by atoms with E-state index in [2.05, 4.69) is 21.9 Å². The molecule has 8 nitrogen and oxygen atoms in total. The van der Waals surface area contributed by atoms with Crippen LogP contribution in [0.25, 0.3) is 4.96 Å². The molecular weight excluding hydrogens is 431 g/mol. The summed E-state index contributed by atoms with van der Waals surface area (Å²) < 4.78 is 15.3. The summed E-state index contributed by atoms with van der Waals surface area (Å²) in [7, 11) is 0. The van der Waals surface area contributed by atoms with Crippen molar-refractivity contribution in [3.63, 3.8) is 0 Å². The maximum Gasteiger partial charge on any atom is 0.288 e. The van der Waals surface area contributed by atoms with Crippen molar-refractivity contribution in [3.05, 3.63) is 52.2 Å². The predicted molar refractivity (Wildman–Crippen MR) is 122 cm³/mol. The highest BCUT2D eigenvalue weighted by molar-refractivity contribution is 7.20. The molecule has 0 radical (unpaired) electrons. The standard InChI is InChI=1S/C22H25FN6O2S/c1-15-5-4-8-28(14-15)22-25-29-20(31)16(13-24-21(29)32-22)19(30)27-11-9-26(10-12-27)18-7-3-2-6-17(18)23/h2-3,6-7,13,15H,4-5,8-12,14H2,1H3. The summed E-state index contributed by atoms with van der Waals surface area (Å²) in [6.45, 7) is 5.85. The van der Waals surface area contributed by atoms with Crippen molar-refractivity contribution in [2.75, 3.05) is 49.1 Å². The van der Waals surface area contributed by atoms with Gasteiger partial charge in [-0.25, -0.2) is 9.37 Å². The van der Waals surface area contributed by atoms with Gasteiger partial charge in [-0.1, -0.05) is 30.4 Å². The average molecular weight is 457 g/mol. The molecule has 1 unspecified atom stereocenters. The molecule has 0 bridgehead atoms. The van der Waals surface area contributed by atoms with E-state index in [1.807, 2.05) is 4.90 Å². The van der Waals surface area contributed by atoms with Gasteiger partial charge in [-0.2, -0.15) is 4.52 Å². The Morgan fingerprint density at radius 2 is 1.91 bits per heavy atom. The summed E-state index contributed by atoms with van der Waals surface area (Å²) in [6, 6.07) is 6.62. The van der Waals surface area contributed by atoms with Crippen molar-refractivity contribution in [1.29, 1.82) is 0 Å². The number of hydrogen-bond acceptors (Lipinski definition) is 7. The average Bonchev–Trinajstić information content (AvgIpc) is 3.25. The van der Waals surface area contributed by atoms with E-state index in [1.54, 1.807) is 23.1 Å². The lowest BCUT2D eigenvalue weighted by Gasteiger charge is -2.36. The molecule has 2 saturated heterocycles. The molecular formula is C22H25FN6O2S. The van der Waals surface area contributed by atoms with Gasteiger partial charge in [0.15, 0.2) is 0 Å². The highest BCUT2D eigenvalue weighted by Gasteiger charge is 2.27. The van der Waals surface area contributed by atoms with Crippen LogP contribution in [-0.2, 0) is 0 Å².